The molecule has 1 aromatic rings. The molecule has 0 spiro atoms. The number of carbonyl (C=O) groups is 2. The lowest BCUT2D eigenvalue weighted by Crippen LogP contribution is -2.48. The fourth-order valence-electron chi connectivity index (χ4n) is 2.22. The molecule has 7 nitrogen and oxygen atoms in total. The molecular formula is C12H13BrFN3O4. The van der Waals surface area contributed by atoms with Crippen LogP contribution < -0.4 is 5.32 Å². The average Bonchev–Trinajstić information content (AvgIpc) is 2.75. The first-order valence-corrected chi connectivity index (χ1v) is 6.83. The van der Waals surface area contributed by atoms with Crippen LogP contribution in [0.2, 0.25) is 0 Å². The Morgan fingerprint density at radius 2 is 2.29 bits per heavy atom. The number of hydrogen-bond acceptors (Lipinski definition) is 4. The van der Waals surface area contributed by atoms with Crippen molar-refractivity contribution in [1.29, 1.82) is 0 Å². The second-order valence-corrected chi connectivity index (χ2v) is 5.24. The molecule has 0 radical (unpaired) electrons. The van der Waals surface area contributed by atoms with Gasteiger partial charge in [0.2, 0.25) is 0 Å². The van der Waals surface area contributed by atoms with Gasteiger partial charge in [-0.1, -0.05) is 6.07 Å². The van der Waals surface area contributed by atoms with E-state index in [-0.39, 0.29) is 5.82 Å². The van der Waals surface area contributed by atoms with Crippen molar-refractivity contribution in [3.8, 4) is 0 Å². The molecule has 2 amide bonds. The van der Waals surface area contributed by atoms with Crippen LogP contribution >= 0.6 is 15.9 Å². The third-order valence-electron chi connectivity index (χ3n) is 3.13. The number of aromatic nitrogens is 1. The monoisotopic (exact) mass is 361 g/mol. The minimum absolute atomic E-state index is 0.233. The lowest BCUT2D eigenvalue weighted by Gasteiger charge is -2.23. The number of pyridine rings is 1. The first kappa shape index (κ1) is 15.6. The molecule has 2 N–H and O–H groups in total. The summed E-state index contributed by atoms with van der Waals surface area (Å²) in [5.41, 5.74) is 0. The van der Waals surface area contributed by atoms with Crippen LogP contribution in [0.3, 0.4) is 0 Å². The summed E-state index contributed by atoms with van der Waals surface area (Å²) < 4.78 is 19.2. The predicted molar refractivity (Wildman–Crippen MR) is 74.8 cm³/mol. The second-order valence-electron chi connectivity index (χ2n) is 4.43. The molecule has 1 aromatic heterocycles. The molecule has 0 saturated carbocycles. The molecule has 1 aliphatic rings. The van der Waals surface area contributed by atoms with Gasteiger partial charge in [-0.2, -0.15) is 0 Å². The summed E-state index contributed by atoms with van der Waals surface area (Å²) in [7, 11) is 1.24. The van der Waals surface area contributed by atoms with Gasteiger partial charge < -0.3 is 15.2 Å². The Morgan fingerprint density at radius 1 is 1.57 bits per heavy atom. The highest BCUT2D eigenvalue weighted by Gasteiger charge is 2.49. The predicted octanol–water partition coefficient (Wildman–Crippen LogP) is 1.50. The van der Waals surface area contributed by atoms with E-state index in [1.54, 1.807) is 12.1 Å². The highest BCUT2D eigenvalue weighted by molar-refractivity contribution is 9.10. The molecule has 3 atom stereocenters. The molecule has 114 valence electrons. The van der Waals surface area contributed by atoms with Crippen LogP contribution in [0.4, 0.5) is 15.0 Å². The first-order valence-electron chi connectivity index (χ1n) is 6.04. The Hall–Kier alpha value is -1.74. The number of methoxy groups -OCH3 is 1. The van der Waals surface area contributed by atoms with Crippen molar-refractivity contribution in [3.05, 3.63) is 22.8 Å². The molecule has 21 heavy (non-hydrogen) atoms. The van der Waals surface area contributed by atoms with Crippen LogP contribution in [0.1, 0.15) is 0 Å². The molecule has 1 fully saturated rings. The van der Waals surface area contributed by atoms with Crippen molar-refractivity contribution in [1.82, 2.24) is 9.88 Å². The van der Waals surface area contributed by atoms with Crippen LogP contribution in [0.25, 0.3) is 0 Å². The van der Waals surface area contributed by atoms with E-state index in [1.807, 2.05) is 0 Å². The van der Waals surface area contributed by atoms with Crippen LogP contribution in [0, 0.1) is 0 Å². The van der Waals surface area contributed by atoms with E-state index >= 15 is 0 Å². The number of amides is 2. The standard InChI is InChI=1S/C12H13BrFN3O4/c1-21-10-6(14)5-17(12(19)20)9(10)11(18)16-8-4-2-3-7(13)15-8/h2-4,6,9-10H,5H2,1H3,(H,19,20)(H,15,16,18). The van der Waals surface area contributed by atoms with Gasteiger partial charge in [0.25, 0.3) is 5.91 Å². The first-order chi connectivity index (χ1) is 9.93. The van der Waals surface area contributed by atoms with E-state index in [4.69, 9.17) is 9.84 Å². The molecule has 2 rings (SSSR count). The Bertz CT molecular complexity index is 559. The van der Waals surface area contributed by atoms with Gasteiger partial charge in [-0.3, -0.25) is 9.69 Å². The van der Waals surface area contributed by atoms with E-state index < -0.39 is 36.9 Å². The van der Waals surface area contributed by atoms with Crippen LogP contribution in [0.15, 0.2) is 22.8 Å². The topological polar surface area (TPSA) is 91.8 Å². The van der Waals surface area contributed by atoms with Gasteiger partial charge in [-0.05, 0) is 28.1 Å². The maximum Gasteiger partial charge on any atom is 0.408 e. The van der Waals surface area contributed by atoms with E-state index in [9.17, 15) is 14.0 Å². The summed E-state index contributed by atoms with van der Waals surface area (Å²) in [5, 5.41) is 11.5. The van der Waals surface area contributed by atoms with Crippen molar-refractivity contribution < 1.29 is 23.8 Å². The number of halogens is 2. The third kappa shape index (κ3) is 3.30. The maximum atomic E-state index is 13.8. The lowest BCUT2D eigenvalue weighted by molar-refractivity contribution is -0.123. The SMILES string of the molecule is COC1C(F)CN(C(=O)O)C1C(=O)Nc1cccc(Br)n1. The number of carboxylic acid groups (broad SMARTS) is 1. The minimum atomic E-state index is -1.56. The summed E-state index contributed by atoms with van der Waals surface area (Å²) >= 11 is 3.15. The fraction of sp³-hybridized carbons (Fsp3) is 0.417. The minimum Gasteiger partial charge on any atom is -0.465 e. The van der Waals surface area contributed by atoms with Crippen LogP contribution in [0.5, 0.6) is 0 Å². The van der Waals surface area contributed by atoms with Gasteiger partial charge in [-0.15, -0.1) is 0 Å². The van der Waals surface area contributed by atoms with Gasteiger partial charge in [-0.25, -0.2) is 14.2 Å². The number of anilines is 1. The van der Waals surface area contributed by atoms with E-state index in [0.29, 0.717) is 4.60 Å². The lowest BCUT2D eigenvalue weighted by atomic mass is 10.1. The van der Waals surface area contributed by atoms with Crippen molar-refractivity contribution in [2.75, 3.05) is 19.0 Å². The largest absolute Gasteiger partial charge is 0.465 e. The molecule has 1 aliphatic heterocycles. The highest BCUT2D eigenvalue weighted by atomic mass is 79.9. The van der Waals surface area contributed by atoms with E-state index in [0.717, 1.165) is 4.90 Å². The van der Waals surface area contributed by atoms with Crippen molar-refractivity contribution in [2.45, 2.75) is 18.3 Å². The Kier molecular flexibility index (Phi) is 4.73. The van der Waals surface area contributed by atoms with E-state index in [2.05, 4.69) is 26.2 Å². The highest BCUT2D eigenvalue weighted by Crippen LogP contribution is 2.25. The number of carbonyl (C=O) groups excluding carboxylic acids is 1. The van der Waals surface area contributed by atoms with Crippen molar-refractivity contribution >= 4 is 33.7 Å². The maximum absolute atomic E-state index is 13.8. The summed E-state index contributed by atoms with van der Waals surface area (Å²) in [6.45, 7) is -0.405. The van der Waals surface area contributed by atoms with Crippen LogP contribution in [-0.4, -0.2) is 59.0 Å². The molecule has 2 heterocycles. The number of alkyl halides is 1. The second kappa shape index (κ2) is 6.35. The summed E-state index contributed by atoms with van der Waals surface area (Å²) in [5.74, 6) is -0.452. The Morgan fingerprint density at radius 3 is 2.86 bits per heavy atom. The number of ether oxygens (including phenoxy) is 1. The van der Waals surface area contributed by atoms with Gasteiger partial charge in [0, 0.05) is 7.11 Å². The summed E-state index contributed by atoms with van der Waals surface area (Å²) in [6, 6.07) is 3.60. The molecule has 9 heteroatoms. The van der Waals surface area contributed by atoms with Gasteiger partial charge in [0.15, 0.2) is 0 Å². The summed E-state index contributed by atoms with van der Waals surface area (Å²) in [6.07, 6.45) is -4.08. The zero-order valence-electron chi connectivity index (χ0n) is 11.0. The quantitative estimate of drug-likeness (QED) is 0.796. The van der Waals surface area contributed by atoms with Crippen molar-refractivity contribution in [3.63, 3.8) is 0 Å². The molecule has 0 bridgehead atoms. The molecule has 1 saturated heterocycles. The van der Waals surface area contributed by atoms with Crippen molar-refractivity contribution in [2.24, 2.45) is 0 Å². The third-order valence-corrected chi connectivity index (χ3v) is 3.57. The zero-order chi connectivity index (χ0) is 15.6. The molecule has 3 unspecified atom stereocenters. The normalized spacial score (nSPS) is 24.9. The number of hydrogen-bond donors (Lipinski definition) is 2. The zero-order valence-corrected chi connectivity index (χ0v) is 12.6. The fourth-order valence-corrected chi connectivity index (χ4v) is 2.57. The molecule has 0 aromatic carbocycles. The number of likely N-dealkylation sites (tertiary alicyclic amines) is 1. The number of nitrogens with zero attached hydrogens (tertiary/aromatic N) is 2. The van der Waals surface area contributed by atoms with Crippen LogP contribution in [-0.2, 0) is 9.53 Å². The number of nitrogens with one attached hydrogen (secondary N) is 1. The number of rotatable bonds is 3. The molecular weight excluding hydrogens is 349 g/mol. The summed E-state index contributed by atoms with van der Waals surface area (Å²) in [4.78, 5) is 28.1. The Labute approximate surface area is 128 Å². The van der Waals surface area contributed by atoms with Gasteiger partial charge >= 0.3 is 6.09 Å². The van der Waals surface area contributed by atoms with Gasteiger partial charge in [0.05, 0.1) is 6.54 Å². The van der Waals surface area contributed by atoms with E-state index in [1.165, 1.54) is 13.2 Å². The molecule has 0 aliphatic carbocycles. The Balaban J connectivity index is 2.20. The average molecular weight is 362 g/mol. The smallest absolute Gasteiger partial charge is 0.408 e. The van der Waals surface area contributed by atoms with Gasteiger partial charge in [0.1, 0.15) is 28.7 Å².